The van der Waals surface area contributed by atoms with Gasteiger partial charge in [0.15, 0.2) is 0 Å². The molecule has 0 saturated heterocycles. The van der Waals surface area contributed by atoms with Crippen LogP contribution in [0.1, 0.15) is 5.56 Å². The molecular weight excluding hydrogens is 544 g/mol. The fourth-order valence-electron chi connectivity index (χ4n) is 2.47. The highest BCUT2D eigenvalue weighted by Crippen LogP contribution is 2.29. The quantitative estimate of drug-likeness (QED) is 0.438. The van der Waals surface area contributed by atoms with Crippen molar-refractivity contribution in [2.24, 2.45) is 0 Å². The maximum Gasteiger partial charge on any atom is 0.261 e. The molecule has 0 aliphatic rings. The Labute approximate surface area is 186 Å². The van der Waals surface area contributed by atoms with E-state index < -0.39 is 20.0 Å². The van der Waals surface area contributed by atoms with Crippen LogP contribution in [0.15, 0.2) is 85.5 Å². The van der Waals surface area contributed by atoms with Crippen LogP contribution in [0.25, 0.3) is 0 Å². The molecule has 0 spiro atoms. The Bertz CT molecular complexity index is 1240. The zero-order chi connectivity index (χ0) is 21.2. The van der Waals surface area contributed by atoms with Crippen LogP contribution in [-0.2, 0) is 20.0 Å². The van der Waals surface area contributed by atoms with Crippen molar-refractivity contribution in [3.05, 3.63) is 81.2 Å². The zero-order valence-corrected chi connectivity index (χ0v) is 19.9. The van der Waals surface area contributed by atoms with Crippen LogP contribution < -0.4 is 9.44 Å². The van der Waals surface area contributed by atoms with Crippen molar-refractivity contribution in [3.63, 3.8) is 0 Å². The van der Waals surface area contributed by atoms with Gasteiger partial charge in [-0.3, -0.25) is 9.44 Å². The molecule has 29 heavy (non-hydrogen) atoms. The summed E-state index contributed by atoms with van der Waals surface area (Å²) in [5.74, 6) is 0. The first kappa shape index (κ1) is 21.8. The highest BCUT2D eigenvalue weighted by atomic mass is 79.9. The molecule has 0 fully saturated rings. The summed E-state index contributed by atoms with van der Waals surface area (Å²) in [6, 6.07) is 17.0. The van der Waals surface area contributed by atoms with Crippen molar-refractivity contribution < 1.29 is 16.8 Å². The standard InChI is InChI=1S/C19H16Br2N2O4S2/c1-13-2-11-18(22-28(24,25)16-7-3-14(20)4-8-16)19(12-13)23-29(26,27)17-9-5-15(21)6-10-17/h2-12,22-23H,1H3. The first-order valence-corrected chi connectivity index (χ1v) is 12.8. The van der Waals surface area contributed by atoms with E-state index in [2.05, 4.69) is 41.3 Å². The molecule has 0 aromatic heterocycles. The number of aryl methyl sites for hydroxylation is 1. The summed E-state index contributed by atoms with van der Waals surface area (Å²) in [6.45, 7) is 1.78. The predicted octanol–water partition coefficient (Wildman–Crippen LogP) is 5.12. The number of sulfonamides is 2. The number of anilines is 2. The van der Waals surface area contributed by atoms with Gasteiger partial charge in [0.05, 0.1) is 21.2 Å². The minimum Gasteiger partial charge on any atom is -0.277 e. The Morgan fingerprint density at radius 2 is 1.03 bits per heavy atom. The molecule has 2 N–H and O–H groups in total. The maximum absolute atomic E-state index is 12.7. The fraction of sp³-hybridized carbons (Fsp3) is 0.0526. The molecule has 3 aromatic rings. The van der Waals surface area contributed by atoms with Crippen molar-refractivity contribution in [1.29, 1.82) is 0 Å². The van der Waals surface area contributed by atoms with Crippen LogP contribution >= 0.6 is 31.9 Å². The van der Waals surface area contributed by atoms with Gasteiger partial charge >= 0.3 is 0 Å². The molecule has 0 aliphatic heterocycles. The number of nitrogens with one attached hydrogen (secondary N) is 2. The Balaban J connectivity index is 1.96. The lowest BCUT2D eigenvalue weighted by Crippen LogP contribution is -2.17. The summed E-state index contributed by atoms with van der Waals surface area (Å²) < 4.78 is 57.3. The number of hydrogen-bond donors (Lipinski definition) is 2. The first-order valence-electron chi connectivity index (χ1n) is 8.24. The summed E-state index contributed by atoms with van der Waals surface area (Å²) in [6.07, 6.45) is 0. The van der Waals surface area contributed by atoms with Gasteiger partial charge in [-0.1, -0.05) is 37.9 Å². The zero-order valence-electron chi connectivity index (χ0n) is 15.1. The van der Waals surface area contributed by atoms with Gasteiger partial charge in [0, 0.05) is 8.95 Å². The van der Waals surface area contributed by atoms with Gasteiger partial charge in [-0.2, -0.15) is 0 Å². The molecule has 3 aromatic carbocycles. The molecule has 0 heterocycles. The highest BCUT2D eigenvalue weighted by molar-refractivity contribution is 9.10. The summed E-state index contributed by atoms with van der Waals surface area (Å²) in [5.41, 5.74) is 1.03. The second-order valence-electron chi connectivity index (χ2n) is 6.17. The van der Waals surface area contributed by atoms with Gasteiger partial charge in [-0.05, 0) is 73.2 Å². The lowest BCUT2D eigenvalue weighted by molar-refractivity contribution is 0.599. The Morgan fingerprint density at radius 3 is 1.48 bits per heavy atom. The van der Waals surface area contributed by atoms with Crippen LogP contribution in [0.4, 0.5) is 11.4 Å². The van der Waals surface area contributed by atoms with E-state index in [1.807, 2.05) is 0 Å². The summed E-state index contributed by atoms with van der Waals surface area (Å²) in [4.78, 5) is 0.118. The minimum absolute atomic E-state index is 0.0583. The van der Waals surface area contributed by atoms with Gasteiger partial charge < -0.3 is 0 Å². The third kappa shape index (κ3) is 5.39. The molecule has 0 radical (unpaired) electrons. The molecular formula is C19H16Br2N2O4S2. The van der Waals surface area contributed by atoms with Crippen molar-refractivity contribution in [1.82, 2.24) is 0 Å². The summed E-state index contributed by atoms with van der Waals surface area (Å²) in [5, 5.41) is 0. The van der Waals surface area contributed by atoms with Gasteiger partial charge in [-0.15, -0.1) is 0 Å². The molecule has 0 aliphatic carbocycles. The van der Waals surface area contributed by atoms with Crippen LogP contribution in [-0.4, -0.2) is 16.8 Å². The van der Waals surface area contributed by atoms with E-state index in [0.717, 1.165) is 14.5 Å². The van der Waals surface area contributed by atoms with Gasteiger partial charge in [0.2, 0.25) is 0 Å². The largest absolute Gasteiger partial charge is 0.277 e. The molecule has 0 amide bonds. The van der Waals surface area contributed by atoms with E-state index in [1.165, 1.54) is 30.3 Å². The van der Waals surface area contributed by atoms with E-state index in [1.54, 1.807) is 43.3 Å². The Morgan fingerprint density at radius 1 is 0.621 bits per heavy atom. The van der Waals surface area contributed by atoms with Crippen LogP contribution in [0.3, 0.4) is 0 Å². The van der Waals surface area contributed by atoms with E-state index in [-0.39, 0.29) is 21.2 Å². The lowest BCUT2D eigenvalue weighted by atomic mass is 10.2. The molecule has 10 heteroatoms. The number of halogens is 2. The minimum atomic E-state index is -3.91. The van der Waals surface area contributed by atoms with Gasteiger partial charge in [0.1, 0.15) is 0 Å². The van der Waals surface area contributed by atoms with Gasteiger partial charge in [0.25, 0.3) is 20.0 Å². The van der Waals surface area contributed by atoms with Crippen molar-refractivity contribution >= 4 is 63.3 Å². The molecule has 6 nitrogen and oxygen atoms in total. The number of rotatable bonds is 6. The smallest absolute Gasteiger partial charge is 0.261 e. The maximum atomic E-state index is 12.7. The molecule has 3 rings (SSSR count). The third-order valence-corrected chi connectivity index (χ3v) is 7.73. The fourth-order valence-corrected chi connectivity index (χ4v) is 5.15. The van der Waals surface area contributed by atoms with Crippen LogP contribution in [0.2, 0.25) is 0 Å². The average molecular weight is 560 g/mol. The monoisotopic (exact) mass is 558 g/mol. The topological polar surface area (TPSA) is 92.3 Å². The Kier molecular flexibility index (Phi) is 6.37. The van der Waals surface area contributed by atoms with Crippen molar-refractivity contribution in [3.8, 4) is 0 Å². The Hall–Kier alpha value is -1.88. The molecule has 0 saturated carbocycles. The molecule has 0 bridgehead atoms. The second kappa shape index (κ2) is 8.47. The first-order chi connectivity index (χ1) is 13.6. The van der Waals surface area contributed by atoms with Gasteiger partial charge in [-0.25, -0.2) is 16.8 Å². The van der Waals surface area contributed by atoms with E-state index in [4.69, 9.17) is 0 Å². The second-order valence-corrected chi connectivity index (χ2v) is 11.4. The van der Waals surface area contributed by atoms with Crippen LogP contribution in [0, 0.1) is 6.92 Å². The number of hydrogen-bond acceptors (Lipinski definition) is 4. The lowest BCUT2D eigenvalue weighted by Gasteiger charge is -2.15. The summed E-state index contributed by atoms with van der Waals surface area (Å²) >= 11 is 6.53. The van der Waals surface area contributed by atoms with E-state index >= 15 is 0 Å². The molecule has 152 valence electrons. The normalized spacial score (nSPS) is 11.8. The summed E-state index contributed by atoms with van der Waals surface area (Å²) in [7, 11) is -7.81. The average Bonchev–Trinajstić information content (AvgIpc) is 2.64. The van der Waals surface area contributed by atoms with Crippen molar-refractivity contribution in [2.45, 2.75) is 16.7 Å². The molecule has 0 unspecified atom stereocenters. The third-order valence-electron chi connectivity index (χ3n) is 3.91. The highest BCUT2D eigenvalue weighted by Gasteiger charge is 2.20. The van der Waals surface area contributed by atoms with Crippen LogP contribution in [0.5, 0.6) is 0 Å². The van der Waals surface area contributed by atoms with Crippen molar-refractivity contribution in [2.75, 3.05) is 9.44 Å². The SMILES string of the molecule is Cc1ccc(NS(=O)(=O)c2ccc(Br)cc2)c(NS(=O)(=O)c2ccc(Br)cc2)c1. The predicted molar refractivity (Wildman–Crippen MR) is 121 cm³/mol. The van der Waals surface area contributed by atoms with E-state index in [9.17, 15) is 16.8 Å². The van der Waals surface area contributed by atoms with E-state index in [0.29, 0.717) is 0 Å². The number of benzene rings is 3. The molecule has 0 atom stereocenters.